The molecule has 3 aromatic rings. The molecule has 0 bridgehead atoms. The van der Waals surface area contributed by atoms with E-state index in [1.165, 1.54) is 22.9 Å². The summed E-state index contributed by atoms with van der Waals surface area (Å²) in [6, 6.07) is 2.84. The first-order valence-corrected chi connectivity index (χ1v) is 13.3. The third kappa shape index (κ3) is 7.18. The number of alkyl halides is 9. The zero-order valence-corrected chi connectivity index (χ0v) is 23.7. The molecule has 0 radical (unpaired) electrons. The number of carbonyl (C=O) groups is 1. The molecule has 1 aliphatic rings. The molecule has 4 rings (SSSR count). The van der Waals surface area contributed by atoms with Crippen LogP contribution in [0.3, 0.4) is 0 Å². The van der Waals surface area contributed by atoms with E-state index >= 15 is 0 Å². The van der Waals surface area contributed by atoms with Crippen LogP contribution in [0.2, 0.25) is 0 Å². The highest BCUT2D eigenvalue weighted by Crippen LogP contribution is 2.46. The van der Waals surface area contributed by atoms with E-state index in [-0.39, 0.29) is 35.6 Å². The van der Waals surface area contributed by atoms with Gasteiger partial charge in [0.25, 0.3) is 5.95 Å². The highest BCUT2D eigenvalue weighted by Gasteiger charge is 2.42. The number of amides is 1. The van der Waals surface area contributed by atoms with Crippen molar-refractivity contribution in [1.29, 1.82) is 0 Å². The average Bonchev–Trinajstić information content (AvgIpc) is 3.34. The molecule has 240 valence electrons. The Morgan fingerprint density at radius 2 is 1.61 bits per heavy atom. The van der Waals surface area contributed by atoms with Gasteiger partial charge < -0.3 is 14.5 Å². The second kappa shape index (κ2) is 11.8. The first-order chi connectivity index (χ1) is 20.3. The van der Waals surface area contributed by atoms with Gasteiger partial charge in [0.15, 0.2) is 0 Å². The van der Waals surface area contributed by atoms with E-state index in [2.05, 4.69) is 20.1 Å². The van der Waals surface area contributed by atoms with Crippen LogP contribution in [-0.4, -0.2) is 38.5 Å². The predicted octanol–water partition coefficient (Wildman–Crippen LogP) is 7.07. The first-order valence-electron chi connectivity index (χ1n) is 13.3. The monoisotopic (exact) mass is 638 g/mol. The summed E-state index contributed by atoms with van der Waals surface area (Å²) in [7, 11) is 1.38. The summed E-state index contributed by atoms with van der Waals surface area (Å²) < 4.78 is 126. The van der Waals surface area contributed by atoms with Gasteiger partial charge in [-0.05, 0) is 60.0 Å². The molecule has 1 aromatic heterocycles. The zero-order valence-electron chi connectivity index (χ0n) is 23.7. The third-order valence-electron chi connectivity index (χ3n) is 7.05. The Hall–Kier alpha value is -4.05. The number of anilines is 2. The van der Waals surface area contributed by atoms with Crippen molar-refractivity contribution in [3.63, 3.8) is 0 Å². The van der Waals surface area contributed by atoms with Crippen molar-refractivity contribution in [2.24, 2.45) is 13.0 Å². The number of carbonyl (C=O) groups excluding carboxylic acids is 1. The van der Waals surface area contributed by atoms with Crippen molar-refractivity contribution >= 4 is 17.5 Å². The summed E-state index contributed by atoms with van der Waals surface area (Å²) in [5.41, 5.74) is -3.20. The Morgan fingerprint density at radius 3 is 2.09 bits per heavy atom. The van der Waals surface area contributed by atoms with Crippen molar-refractivity contribution < 1.29 is 49.0 Å². The number of ether oxygens (including phenoxy) is 1. The molecule has 2 aromatic carbocycles. The number of tetrazole rings is 1. The summed E-state index contributed by atoms with van der Waals surface area (Å²) in [5, 5.41) is 11.7. The van der Waals surface area contributed by atoms with E-state index in [1.54, 1.807) is 20.8 Å². The molecule has 2 unspecified atom stereocenters. The lowest BCUT2D eigenvalue weighted by atomic mass is 9.87. The molecule has 0 saturated heterocycles. The largest absolute Gasteiger partial charge is 0.573 e. The summed E-state index contributed by atoms with van der Waals surface area (Å²) in [6.45, 7) is 4.43. The van der Waals surface area contributed by atoms with Gasteiger partial charge in [0, 0.05) is 29.8 Å². The molecule has 2 heterocycles. The van der Waals surface area contributed by atoms with E-state index < -0.39 is 65.7 Å². The number of aromatic nitrogens is 4. The zero-order chi connectivity index (χ0) is 32.8. The minimum atomic E-state index is -5.11. The Kier molecular flexibility index (Phi) is 8.81. The van der Waals surface area contributed by atoms with Gasteiger partial charge in [0.2, 0.25) is 5.91 Å². The topological polar surface area (TPSA) is 76.4 Å². The number of hydrogen-bond acceptors (Lipinski definition) is 6. The maximum Gasteiger partial charge on any atom is 0.573 e. The molecule has 17 heteroatoms. The Bertz CT molecular complexity index is 1470. The highest BCUT2D eigenvalue weighted by atomic mass is 19.4. The van der Waals surface area contributed by atoms with Crippen LogP contribution in [0, 0.1) is 5.92 Å². The quantitative estimate of drug-likeness (QED) is 0.258. The molecule has 1 amide bonds. The second-order valence-corrected chi connectivity index (χ2v) is 10.6. The molecule has 44 heavy (non-hydrogen) atoms. The van der Waals surface area contributed by atoms with E-state index in [9.17, 15) is 44.3 Å². The number of benzene rings is 2. The van der Waals surface area contributed by atoms with Gasteiger partial charge in [-0.15, -0.1) is 18.3 Å². The SMILES string of the molecule is CCC1CC(N(Cc2cc(C(F)(F)F)cc(C(F)(F)F)c2)c2nnn(C)n2)c2cc(OC(F)(F)F)ccc2N1C(=O)C(C)C. The molecule has 0 fully saturated rings. The van der Waals surface area contributed by atoms with Crippen molar-refractivity contribution in [3.05, 3.63) is 58.7 Å². The van der Waals surface area contributed by atoms with Gasteiger partial charge in [0.1, 0.15) is 5.75 Å². The van der Waals surface area contributed by atoms with Crippen molar-refractivity contribution in [3.8, 4) is 5.75 Å². The Balaban J connectivity index is 1.93. The highest BCUT2D eigenvalue weighted by molar-refractivity contribution is 5.96. The van der Waals surface area contributed by atoms with Gasteiger partial charge >= 0.3 is 18.7 Å². The van der Waals surface area contributed by atoms with E-state index in [0.29, 0.717) is 18.6 Å². The number of aryl methyl sites for hydroxylation is 1. The fourth-order valence-electron chi connectivity index (χ4n) is 5.14. The van der Waals surface area contributed by atoms with Crippen LogP contribution < -0.4 is 14.5 Å². The number of fused-ring (bicyclic) bond motifs is 1. The molecule has 0 aliphatic carbocycles. The van der Waals surface area contributed by atoms with Gasteiger partial charge in [-0.3, -0.25) is 4.79 Å². The van der Waals surface area contributed by atoms with Gasteiger partial charge in [-0.1, -0.05) is 25.9 Å². The molecule has 0 spiro atoms. The Labute approximate surface area is 245 Å². The van der Waals surface area contributed by atoms with Gasteiger partial charge in [0.05, 0.1) is 24.2 Å². The van der Waals surface area contributed by atoms with Crippen LogP contribution in [0.4, 0.5) is 51.1 Å². The van der Waals surface area contributed by atoms with E-state index in [1.807, 2.05) is 0 Å². The van der Waals surface area contributed by atoms with E-state index in [4.69, 9.17) is 0 Å². The average molecular weight is 639 g/mol. The summed E-state index contributed by atoms with van der Waals surface area (Å²) in [4.78, 5) is 17.0. The molecule has 0 saturated carbocycles. The van der Waals surface area contributed by atoms with Gasteiger partial charge in [-0.2, -0.15) is 31.1 Å². The number of nitrogens with zero attached hydrogens (tertiary/aromatic N) is 6. The molecule has 0 N–H and O–H groups in total. The van der Waals surface area contributed by atoms with Crippen molar-refractivity contribution in [2.45, 2.75) is 71.0 Å². The smallest absolute Gasteiger partial charge is 0.406 e. The molecule has 1 aliphatic heterocycles. The molecular weight excluding hydrogens is 611 g/mol. The fraction of sp³-hybridized carbons (Fsp3) is 0.481. The molecule has 2 atom stereocenters. The minimum Gasteiger partial charge on any atom is -0.406 e. The van der Waals surface area contributed by atoms with E-state index in [0.717, 1.165) is 16.9 Å². The standard InChI is InChI=1S/C27H27F9N6O2/c1-5-18-11-22(20-12-19(44-27(34,35)36)6-7-21(20)42(18)23(43)14(2)3)41(24-37-39-40(4)38-24)13-15-8-16(25(28,29)30)10-17(9-15)26(31,32)33/h6-10,12,14,18,22H,5,11,13H2,1-4H3. The minimum absolute atomic E-state index is 0.00636. The Morgan fingerprint density at radius 1 is 1.00 bits per heavy atom. The molecular formula is C27H27F9N6O2. The maximum absolute atomic E-state index is 13.6. The van der Waals surface area contributed by atoms with Crippen LogP contribution in [0.1, 0.15) is 61.9 Å². The lowest BCUT2D eigenvalue weighted by molar-refractivity contribution is -0.274. The lowest BCUT2D eigenvalue weighted by Crippen LogP contribution is -2.49. The van der Waals surface area contributed by atoms with Crippen LogP contribution in [-0.2, 0) is 30.7 Å². The first kappa shape index (κ1) is 32.9. The van der Waals surface area contributed by atoms with Crippen LogP contribution in [0.25, 0.3) is 0 Å². The van der Waals surface area contributed by atoms with Crippen molar-refractivity contribution in [1.82, 2.24) is 20.2 Å². The van der Waals surface area contributed by atoms with Crippen LogP contribution in [0.15, 0.2) is 36.4 Å². The number of rotatable bonds is 7. The third-order valence-corrected chi connectivity index (χ3v) is 7.05. The lowest BCUT2D eigenvalue weighted by Gasteiger charge is -2.45. The van der Waals surface area contributed by atoms with Crippen LogP contribution in [0.5, 0.6) is 5.75 Å². The summed E-state index contributed by atoms with van der Waals surface area (Å²) in [5.74, 6) is -1.70. The summed E-state index contributed by atoms with van der Waals surface area (Å²) >= 11 is 0. The second-order valence-electron chi connectivity index (χ2n) is 10.6. The molecule has 8 nitrogen and oxygen atoms in total. The summed E-state index contributed by atoms with van der Waals surface area (Å²) in [6.07, 6.45) is -14.9. The fourth-order valence-corrected chi connectivity index (χ4v) is 5.14. The maximum atomic E-state index is 13.6. The van der Waals surface area contributed by atoms with Crippen LogP contribution >= 0.6 is 0 Å². The number of hydrogen-bond donors (Lipinski definition) is 0. The normalized spacial score (nSPS) is 17.5. The predicted molar refractivity (Wildman–Crippen MR) is 138 cm³/mol. The number of halogens is 9. The van der Waals surface area contributed by atoms with Crippen molar-refractivity contribution in [2.75, 3.05) is 9.80 Å². The van der Waals surface area contributed by atoms with Gasteiger partial charge in [-0.25, -0.2) is 0 Å².